The minimum absolute atomic E-state index is 0.157. The van der Waals surface area contributed by atoms with Gasteiger partial charge >= 0.3 is 0 Å². The molecule has 1 fully saturated rings. The SMILES string of the molecule is CC(C)(C)c1cc(NC(=O)C2CN(S(C)(=O)=O)C2)on1. The van der Waals surface area contributed by atoms with Crippen LogP contribution in [0.2, 0.25) is 0 Å². The Hall–Kier alpha value is -1.41. The van der Waals surface area contributed by atoms with Gasteiger partial charge in [-0.15, -0.1) is 0 Å². The van der Waals surface area contributed by atoms with Gasteiger partial charge in [0.25, 0.3) is 0 Å². The highest BCUT2D eigenvalue weighted by Crippen LogP contribution is 2.25. The summed E-state index contributed by atoms with van der Waals surface area (Å²) < 4.78 is 28.8. The van der Waals surface area contributed by atoms with Gasteiger partial charge in [0.05, 0.1) is 17.9 Å². The molecule has 112 valence electrons. The molecular formula is C12H19N3O4S. The number of nitrogens with one attached hydrogen (secondary N) is 1. The summed E-state index contributed by atoms with van der Waals surface area (Å²) in [6, 6.07) is 1.69. The lowest BCUT2D eigenvalue weighted by Gasteiger charge is -2.35. The van der Waals surface area contributed by atoms with Gasteiger partial charge in [-0.3, -0.25) is 10.1 Å². The van der Waals surface area contributed by atoms with Gasteiger partial charge in [-0.1, -0.05) is 25.9 Å². The molecule has 0 aliphatic carbocycles. The Morgan fingerprint density at radius 3 is 2.50 bits per heavy atom. The zero-order valence-electron chi connectivity index (χ0n) is 12.0. The molecule has 2 rings (SSSR count). The lowest BCUT2D eigenvalue weighted by molar-refractivity contribution is -0.123. The van der Waals surface area contributed by atoms with E-state index < -0.39 is 10.0 Å². The van der Waals surface area contributed by atoms with Crippen molar-refractivity contribution >= 4 is 21.8 Å². The van der Waals surface area contributed by atoms with E-state index in [9.17, 15) is 13.2 Å². The van der Waals surface area contributed by atoms with Gasteiger partial charge in [0.15, 0.2) is 0 Å². The third kappa shape index (κ3) is 3.18. The first-order valence-corrected chi connectivity index (χ1v) is 8.15. The van der Waals surface area contributed by atoms with E-state index >= 15 is 0 Å². The molecule has 0 aromatic carbocycles. The monoisotopic (exact) mass is 301 g/mol. The number of carbonyl (C=O) groups excluding carboxylic acids is 1. The maximum Gasteiger partial charge on any atom is 0.232 e. The van der Waals surface area contributed by atoms with E-state index in [1.807, 2.05) is 20.8 Å². The van der Waals surface area contributed by atoms with Crippen molar-refractivity contribution in [2.24, 2.45) is 5.92 Å². The summed E-state index contributed by atoms with van der Waals surface area (Å²) in [4.78, 5) is 11.9. The van der Waals surface area contributed by atoms with Gasteiger partial charge in [0, 0.05) is 24.6 Å². The lowest BCUT2D eigenvalue weighted by atomic mass is 9.92. The minimum atomic E-state index is -3.20. The summed E-state index contributed by atoms with van der Waals surface area (Å²) in [5, 5.41) is 6.52. The average Bonchev–Trinajstić information content (AvgIpc) is 2.60. The maximum atomic E-state index is 11.9. The molecule has 1 aliphatic heterocycles. The number of carbonyl (C=O) groups is 1. The molecule has 0 radical (unpaired) electrons. The molecule has 2 heterocycles. The van der Waals surface area contributed by atoms with Crippen molar-refractivity contribution in [3.63, 3.8) is 0 Å². The summed E-state index contributed by atoms with van der Waals surface area (Å²) in [6.45, 7) is 6.40. The third-order valence-electron chi connectivity index (χ3n) is 3.21. The van der Waals surface area contributed by atoms with E-state index in [1.165, 1.54) is 4.31 Å². The first-order chi connectivity index (χ1) is 9.07. The Bertz CT molecular complexity index is 609. The number of rotatable bonds is 3. The van der Waals surface area contributed by atoms with E-state index in [-0.39, 0.29) is 36.2 Å². The van der Waals surface area contributed by atoms with Crippen molar-refractivity contribution in [2.45, 2.75) is 26.2 Å². The third-order valence-corrected chi connectivity index (χ3v) is 4.45. The summed E-state index contributed by atoms with van der Waals surface area (Å²) in [5.41, 5.74) is 0.593. The molecule has 0 spiro atoms. The van der Waals surface area contributed by atoms with Crippen LogP contribution in [-0.4, -0.2) is 43.1 Å². The predicted octanol–water partition coefficient (Wildman–Crippen LogP) is 0.802. The van der Waals surface area contributed by atoms with Gasteiger partial charge in [0.2, 0.25) is 21.8 Å². The first kappa shape index (κ1) is 15.0. The lowest BCUT2D eigenvalue weighted by Crippen LogP contribution is -2.53. The molecule has 0 unspecified atom stereocenters. The number of amides is 1. The summed E-state index contributed by atoms with van der Waals surface area (Å²) >= 11 is 0. The normalized spacial score (nSPS) is 17.8. The summed E-state index contributed by atoms with van der Waals surface area (Å²) in [7, 11) is -3.20. The molecule has 8 heteroatoms. The van der Waals surface area contributed by atoms with Crippen LogP contribution in [0, 0.1) is 5.92 Å². The molecule has 1 N–H and O–H groups in total. The largest absolute Gasteiger partial charge is 0.338 e. The van der Waals surface area contributed by atoms with Crippen molar-refractivity contribution in [1.82, 2.24) is 9.46 Å². The van der Waals surface area contributed by atoms with Crippen molar-refractivity contribution in [3.05, 3.63) is 11.8 Å². The molecule has 1 aromatic rings. The molecule has 7 nitrogen and oxygen atoms in total. The highest BCUT2D eigenvalue weighted by atomic mass is 32.2. The van der Waals surface area contributed by atoms with Crippen LogP contribution in [-0.2, 0) is 20.2 Å². The molecule has 1 aliphatic rings. The molecule has 0 saturated carbocycles. The van der Waals surface area contributed by atoms with Crippen LogP contribution in [0.1, 0.15) is 26.5 Å². The molecule has 0 atom stereocenters. The van der Waals surface area contributed by atoms with E-state index in [4.69, 9.17) is 4.52 Å². The van der Waals surface area contributed by atoms with Gasteiger partial charge in [-0.2, -0.15) is 0 Å². The molecule has 1 aromatic heterocycles. The Labute approximate surface area is 118 Å². The fraction of sp³-hybridized carbons (Fsp3) is 0.667. The zero-order chi connectivity index (χ0) is 15.1. The van der Waals surface area contributed by atoms with Crippen LogP contribution < -0.4 is 5.32 Å². The van der Waals surface area contributed by atoms with Crippen LogP contribution in [0.15, 0.2) is 10.6 Å². The number of hydrogen-bond acceptors (Lipinski definition) is 5. The number of nitrogens with zero attached hydrogens (tertiary/aromatic N) is 2. The first-order valence-electron chi connectivity index (χ1n) is 6.30. The highest BCUT2D eigenvalue weighted by molar-refractivity contribution is 7.88. The van der Waals surface area contributed by atoms with Gasteiger partial charge < -0.3 is 4.52 Å². The van der Waals surface area contributed by atoms with Crippen LogP contribution in [0.25, 0.3) is 0 Å². The topological polar surface area (TPSA) is 92.5 Å². The minimum Gasteiger partial charge on any atom is -0.338 e. The standard InChI is InChI=1S/C12H19N3O4S/c1-12(2,3)9-5-10(19-14-9)13-11(16)8-6-15(7-8)20(4,17)18/h5,8H,6-7H2,1-4H3,(H,13,16). The summed E-state index contributed by atoms with van der Waals surface area (Å²) in [5.74, 6) is -0.299. The zero-order valence-corrected chi connectivity index (χ0v) is 12.8. The number of hydrogen-bond donors (Lipinski definition) is 1. The van der Waals surface area contributed by atoms with Crippen LogP contribution in [0.3, 0.4) is 0 Å². The Morgan fingerprint density at radius 1 is 1.45 bits per heavy atom. The fourth-order valence-electron chi connectivity index (χ4n) is 1.79. The second-order valence-electron chi connectivity index (χ2n) is 6.09. The van der Waals surface area contributed by atoms with Gasteiger partial charge in [0.1, 0.15) is 0 Å². The van der Waals surface area contributed by atoms with Crippen LogP contribution >= 0.6 is 0 Å². The van der Waals surface area contributed by atoms with E-state index in [0.29, 0.717) is 0 Å². The molecule has 1 saturated heterocycles. The Morgan fingerprint density at radius 2 is 2.05 bits per heavy atom. The van der Waals surface area contributed by atoms with E-state index in [0.717, 1.165) is 11.9 Å². The molecule has 1 amide bonds. The molecular weight excluding hydrogens is 282 g/mol. The Balaban J connectivity index is 1.92. The molecule has 0 bridgehead atoms. The van der Waals surface area contributed by atoms with Crippen molar-refractivity contribution in [2.75, 3.05) is 24.7 Å². The van der Waals surface area contributed by atoms with Gasteiger partial charge in [-0.25, -0.2) is 12.7 Å². The maximum absolute atomic E-state index is 11.9. The van der Waals surface area contributed by atoms with Crippen LogP contribution in [0.4, 0.5) is 5.88 Å². The van der Waals surface area contributed by atoms with Crippen molar-refractivity contribution in [3.8, 4) is 0 Å². The number of anilines is 1. The average molecular weight is 301 g/mol. The second kappa shape index (κ2) is 4.85. The van der Waals surface area contributed by atoms with E-state index in [2.05, 4.69) is 10.5 Å². The Kier molecular flexibility index (Phi) is 3.64. The second-order valence-corrected chi connectivity index (χ2v) is 8.07. The van der Waals surface area contributed by atoms with Crippen LogP contribution in [0.5, 0.6) is 0 Å². The smallest absolute Gasteiger partial charge is 0.232 e. The summed E-state index contributed by atoms with van der Waals surface area (Å²) in [6.07, 6.45) is 1.13. The molecule has 20 heavy (non-hydrogen) atoms. The van der Waals surface area contributed by atoms with Gasteiger partial charge in [-0.05, 0) is 0 Å². The number of aromatic nitrogens is 1. The van der Waals surface area contributed by atoms with Crippen molar-refractivity contribution in [1.29, 1.82) is 0 Å². The fourth-order valence-corrected chi connectivity index (χ4v) is 2.69. The van der Waals surface area contributed by atoms with Crippen molar-refractivity contribution < 1.29 is 17.7 Å². The quantitative estimate of drug-likeness (QED) is 0.891. The number of sulfonamides is 1. The highest BCUT2D eigenvalue weighted by Gasteiger charge is 2.38. The predicted molar refractivity (Wildman–Crippen MR) is 73.7 cm³/mol. The van der Waals surface area contributed by atoms with E-state index in [1.54, 1.807) is 6.07 Å².